The maximum absolute atomic E-state index is 5.72. The lowest BCUT2D eigenvalue weighted by Gasteiger charge is -2.26. The number of rotatable bonds is 6. The molecule has 13 heavy (non-hydrogen) atoms. The van der Waals surface area contributed by atoms with Crippen LogP contribution in [-0.4, -0.2) is 24.6 Å². The molecule has 0 N–H and O–H groups in total. The highest BCUT2D eigenvalue weighted by Crippen LogP contribution is 2.77. The lowest BCUT2D eigenvalue weighted by Crippen LogP contribution is -1.88. The van der Waals surface area contributed by atoms with Gasteiger partial charge in [0.2, 0.25) is 0 Å². The van der Waals surface area contributed by atoms with Crippen LogP contribution in [0.2, 0.25) is 0 Å². The maximum Gasteiger partial charge on any atom is 0.0113 e. The summed E-state index contributed by atoms with van der Waals surface area (Å²) in [5.41, 5.74) is 0. The quantitative estimate of drug-likeness (QED) is 0.650. The molecule has 0 aromatic heterocycles. The van der Waals surface area contributed by atoms with Gasteiger partial charge in [0.05, 0.1) is 0 Å². The molecule has 0 spiro atoms. The van der Waals surface area contributed by atoms with Crippen molar-refractivity contribution in [2.24, 2.45) is 0 Å². The van der Waals surface area contributed by atoms with E-state index in [1.807, 2.05) is 11.0 Å². The number of hydrogen-bond donors (Lipinski definition) is 0. The van der Waals surface area contributed by atoms with E-state index in [0.717, 1.165) is 0 Å². The molecule has 5 heteroatoms. The highest BCUT2D eigenvalue weighted by molar-refractivity contribution is 8.99. The van der Waals surface area contributed by atoms with Gasteiger partial charge in [-0.1, -0.05) is 62.3 Å². The van der Waals surface area contributed by atoms with E-state index in [-0.39, 0.29) is 0 Å². The molecule has 0 aliphatic heterocycles. The number of hydrogen-bond acceptors (Lipinski definition) is 3. The molecule has 0 fully saturated rings. The second-order valence-electron chi connectivity index (χ2n) is 2.98. The monoisotopic (exact) mass is 274 g/mol. The van der Waals surface area contributed by atoms with Crippen LogP contribution in [0.3, 0.4) is 0 Å². The van der Waals surface area contributed by atoms with Crippen molar-refractivity contribution in [1.29, 1.82) is 0 Å². The fraction of sp³-hybridized carbons (Fsp3) is 1.00. The average Bonchev–Trinajstić information content (AvgIpc) is 2.17. The van der Waals surface area contributed by atoms with E-state index in [1.54, 1.807) is 0 Å². The molecular formula is C8H20P2S3. The van der Waals surface area contributed by atoms with E-state index in [4.69, 9.17) is 23.6 Å². The third-order valence-electron chi connectivity index (χ3n) is 2.22. The van der Waals surface area contributed by atoms with E-state index in [0.29, 0.717) is 0 Å². The summed E-state index contributed by atoms with van der Waals surface area (Å²) in [5.74, 6) is 0. The van der Waals surface area contributed by atoms with Gasteiger partial charge in [-0.2, -0.15) is 0 Å². The Bertz CT molecular complexity index is 198. The molecule has 0 saturated carbocycles. The summed E-state index contributed by atoms with van der Waals surface area (Å²) in [6.07, 6.45) is 4.67. The molecule has 0 radical (unpaired) electrons. The van der Waals surface area contributed by atoms with E-state index in [1.165, 1.54) is 24.6 Å². The molecule has 0 nitrogen and oxygen atoms in total. The molecule has 0 saturated heterocycles. The first-order chi connectivity index (χ1) is 5.95. The van der Waals surface area contributed by atoms with Gasteiger partial charge < -0.3 is 0 Å². The first-order valence-electron chi connectivity index (χ1n) is 4.82. The SMILES string of the molecule is CCP(=S)(CC)SP(=S)(CC)CC. The Labute approximate surface area is 97.2 Å². The average molecular weight is 274 g/mol. The Balaban J connectivity index is 4.57. The summed E-state index contributed by atoms with van der Waals surface area (Å²) >= 11 is 13.5. The molecule has 0 unspecified atom stereocenters. The fourth-order valence-electron chi connectivity index (χ4n) is 0.949. The Morgan fingerprint density at radius 1 is 0.769 bits per heavy atom. The standard InChI is InChI=1S/C8H20P2S3/c1-5-9(11,6-2)13-10(12,7-3)8-4/h5-8H2,1-4H3. The van der Waals surface area contributed by atoms with Crippen LogP contribution in [0.25, 0.3) is 0 Å². The summed E-state index contributed by atoms with van der Waals surface area (Å²) in [5, 5.41) is -2.28. The topological polar surface area (TPSA) is 0 Å². The second kappa shape index (κ2) is 6.28. The van der Waals surface area contributed by atoms with Crippen LogP contribution in [0, 0.1) is 0 Å². The highest BCUT2D eigenvalue weighted by Gasteiger charge is 2.22. The van der Waals surface area contributed by atoms with Crippen molar-refractivity contribution < 1.29 is 0 Å². The first-order valence-corrected chi connectivity index (χ1v) is 13.2. The minimum Gasteiger partial charge on any atom is -0.0864 e. The van der Waals surface area contributed by atoms with Gasteiger partial charge in [-0.3, -0.25) is 0 Å². The second-order valence-corrected chi connectivity index (χ2v) is 20.7. The van der Waals surface area contributed by atoms with Crippen molar-refractivity contribution in [3.8, 4) is 0 Å². The fourth-order valence-corrected chi connectivity index (χ4v) is 22.9. The molecule has 0 aliphatic carbocycles. The van der Waals surface area contributed by atoms with Gasteiger partial charge in [0, 0.05) is 10.5 Å². The summed E-state index contributed by atoms with van der Waals surface area (Å²) in [6.45, 7) is 8.90. The van der Waals surface area contributed by atoms with Crippen molar-refractivity contribution >= 4 is 45.1 Å². The maximum atomic E-state index is 5.72. The van der Waals surface area contributed by atoms with Crippen LogP contribution in [0.5, 0.6) is 0 Å². The molecule has 0 heterocycles. The van der Waals surface area contributed by atoms with Gasteiger partial charge >= 0.3 is 0 Å². The largest absolute Gasteiger partial charge is 0.0864 e. The van der Waals surface area contributed by atoms with Gasteiger partial charge in [-0.05, 0) is 24.6 Å². The highest BCUT2D eigenvalue weighted by atomic mass is 33.2. The van der Waals surface area contributed by atoms with Crippen molar-refractivity contribution in [2.75, 3.05) is 24.6 Å². The van der Waals surface area contributed by atoms with Crippen molar-refractivity contribution in [3.63, 3.8) is 0 Å². The van der Waals surface area contributed by atoms with Crippen LogP contribution in [-0.2, 0) is 23.6 Å². The van der Waals surface area contributed by atoms with Crippen LogP contribution < -0.4 is 0 Å². The lowest BCUT2D eigenvalue weighted by molar-refractivity contribution is 1.43. The van der Waals surface area contributed by atoms with Crippen LogP contribution in [0.4, 0.5) is 0 Å². The van der Waals surface area contributed by atoms with Crippen LogP contribution in [0.15, 0.2) is 0 Å². The summed E-state index contributed by atoms with van der Waals surface area (Å²) in [4.78, 5) is 0. The van der Waals surface area contributed by atoms with Gasteiger partial charge in [0.25, 0.3) is 0 Å². The van der Waals surface area contributed by atoms with Gasteiger partial charge in [0.1, 0.15) is 0 Å². The first kappa shape index (κ1) is 14.6. The zero-order chi connectivity index (χ0) is 10.5. The molecule has 80 valence electrons. The van der Waals surface area contributed by atoms with Crippen molar-refractivity contribution in [3.05, 3.63) is 0 Å². The molecule has 0 atom stereocenters. The van der Waals surface area contributed by atoms with Crippen LogP contribution in [0.1, 0.15) is 27.7 Å². The third-order valence-corrected chi connectivity index (χ3v) is 23.6. The minimum atomic E-state index is -1.14. The smallest absolute Gasteiger partial charge is 0.0113 e. The molecule has 0 aromatic rings. The van der Waals surface area contributed by atoms with E-state index < -0.39 is 10.5 Å². The zero-order valence-electron chi connectivity index (χ0n) is 8.95. The lowest BCUT2D eigenvalue weighted by atomic mass is 11.0. The molecule has 0 bridgehead atoms. The Morgan fingerprint density at radius 3 is 1.15 bits per heavy atom. The van der Waals surface area contributed by atoms with E-state index in [9.17, 15) is 0 Å². The predicted molar refractivity (Wildman–Crippen MR) is 78.3 cm³/mol. The Morgan fingerprint density at radius 2 is 1.00 bits per heavy atom. The normalized spacial score (nSPS) is 13.2. The summed E-state index contributed by atoms with van der Waals surface area (Å²) in [7, 11) is 0. The summed E-state index contributed by atoms with van der Waals surface area (Å²) < 4.78 is 0. The van der Waals surface area contributed by atoms with E-state index in [2.05, 4.69) is 27.7 Å². The summed E-state index contributed by atoms with van der Waals surface area (Å²) in [6, 6.07) is 0. The zero-order valence-corrected chi connectivity index (χ0v) is 13.2. The van der Waals surface area contributed by atoms with Crippen molar-refractivity contribution in [1.82, 2.24) is 0 Å². The van der Waals surface area contributed by atoms with Gasteiger partial charge in [0.15, 0.2) is 0 Å². The van der Waals surface area contributed by atoms with Gasteiger partial charge in [-0.25, -0.2) is 0 Å². The molecule has 0 rings (SSSR count). The molecule has 0 aromatic carbocycles. The van der Waals surface area contributed by atoms with E-state index >= 15 is 0 Å². The molecule has 0 aliphatic rings. The molecule has 0 amide bonds. The van der Waals surface area contributed by atoms with Gasteiger partial charge in [-0.15, -0.1) is 0 Å². The molecular weight excluding hydrogens is 254 g/mol. The van der Waals surface area contributed by atoms with Crippen molar-refractivity contribution in [2.45, 2.75) is 27.7 Å². The minimum absolute atomic E-state index is 1.14. The predicted octanol–water partition coefficient (Wildman–Crippen LogP) is 4.59. The third kappa shape index (κ3) is 4.80. The Hall–Kier alpha value is 1.65. The van der Waals surface area contributed by atoms with Crippen LogP contribution >= 0.6 is 21.5 Å². The Kier molecular flexibility index (Phi) is 7.08.